The maximum absolute atomic E-state index is 8.74. The maximum Gasteiger partial charge on any atom is 0.394 e. The Morgan fingerprint density at radius 3 is 2.23 bits per heavy atom. The van der Waals surface area contributed by atoms with E-state index in [-0.39, 0.29) is 0 Å². The lowest BCUT2D eigenvalue weighted by molar-refractivity contribution is 0.298. The van der Waals surface area contributed by atoms with Crippen molar-refractivity contribution in [2.45, 2.75) is 26.8 Å². The van der Waals surface area contributed by atoms with Crippen LogP contribution in [0, 0.1) is 0 Å². The van der Waals surface area contributed by atoms with Gasteiger partial charge in [-0.1, -0.05) is 62.4 Å². The molecule has 0 aliphatic heterocycles. The normalized spacial score (nSPS) is 11.4. The van der Waals surface area contributed by atoms with Crippen LogP contribution in [0.2, 0.25) is 0 Å². The second kappa shape index (κ2) is 12.5. The van der Waals surface area contributed by atoms with Crippen LogP contribution in [-0.4, -0.2) is 53.6 Å². The molecule has 0 atom stereocenters. The Labute approximate surface area is 184 Å². The van der Waals surface area contributed by atoms with Crippen LogP contribution in [0.1, 0.15) is 25.8 Å². The summed E-state index contributed by atoms with van der Waals surface area (Å²) in [6.07, 6.45) is 1.18. The Morgan fingerprint density at radius 2 is 1.58 bits per heavy atom. The number of para-hydroxylation sites is 1. The van der Waals surface area contributed by atoms with Gasteiger partial charge in [-0.05, 0) is 50.3 Å². The van der Waals surface area contributed by atoms with Crippen molar-refractivity contribution in [1.29, 1.82) is 0 Å². The molecule has 0 saturated carbocycles. The van der Waals surface area contributed by atoms with Crippen molar-refractivity contribution in [1.82, 2.24) is 15.2 Å². The summed E-state index contributed by atoms with van der Waals surface area (Å²) in [5.41, 5.74) is 4.59. The monoisotopic (exact) mass is 445 g/mol. The lowest BCUT2D eigenvalue weighted by Crippen LogP contribution is -2.27. The van der Waals surface area contributed by atoms with Gasteiger partial charge >= 0.3 is 10.4 Å². The van der Waals surface area contributed by atoms with Crippen molar-refractivity contribution < 1.29 is 17.5 Å². The molecule has 1 heterocycles. The number of rotatable bonds is 9. The van der Waals surface area contributed by atoms with Gasteiger partial charge in [-0.15, -0.1) is 0 Å². The predicted molar refractivity (Wildman–Crippen MR) is 125 cm³/mol. The van der Waals surface area contributed by atoms with Gasteiger partial charge in [0.15, 0.2) is 0 Å². The first-order valence-corrected chi connectivity index (χ1v) is 11.8. The Kier molecular flexibility index (Phi) is 10.0. The van der Waals surface area contributed by atoms with E-state index in [1.807, 2.05) is 6.07 Å². The van der Waals surface area contributed by atoms with Gasteiger partial charge in [-0.25, -0.2) is 4.98 Å². The van der Waals surface area contributed by atoms with Crippen molar-refractivity contribution in [3.8, 4) is 11.3 Å². The number of nitrogens with zero attached hydrogens (tertiary/aromatic N) is 2. The summed E-state index contributed by atoms with van der Waals surface area (Å²) in [6.45, 7) is 9.79. The van der Waals surface area contributed by atoms with Gasteiger partial charge in [0.2, 0.25) is 0 Å². The fraction of sp³-hybridized carbons (Fsp3) is 0.348. The van der Waals surface area contributed by atoms with Crippen LogP contribution in [0.25, 0.3) is 22.2 Å². The van der Waals surface area contributed by atoms with Gasteiger partial charge in [-0.2, -0.15) is 8.42 Å². The van der Waals surface area contributed by atoms with E-state index >= 15 is 0 Å². The van der Waals surface area contributed by atoms with E-state index in [1.54, 1.807) is 0 Å². The van der Waals surface area contributed by atoms with Crippen LogP contribution in [0.15, 0.2) is 60.7 Å². The Morgan fingerprint density at radius 1 is 0.968 bits per heavy atom. The van der Waals surface area contributed by atoms with Crippen LogP contribution >= 0.6 is 0 Å². The molecule has 3 aromatic rings. The second-order valence-corrected chi connectivity index (χ2v) is 7.95. The van der Waals surface area contributed by atoms with Crippen molar-refractivity contribution in [3.05, 3.63) is 66.2 Å². The van der Waals surface area contributed by atoms with Crippen molar-refractivity contribution in [2.24, 2.45) is 0 Å². The number of aromatic nitrogens is 1. The first kappa shape index (κ1) is 24.9. The molecule has 0 fully saturated rings. The van der Waals surface area contributed by atoms with E-state index in [1.165, 1.54) is 22.9 Å². The molecule has 1 aromatic heterocycles. The summed E-state index contributed by atoms with van der Waals surface area (Å²) >= 11 is 0. The van der Waals surface area contributed by atoms with Gasteiger partial charge in [0, 0.05) is 17.5 Å². The van der Waals surface area contributed by atoms with Gasteiger partial charge in [-0.3, -0.25) is 9.11 Å². The molecule has 3 rings (SSSR count). The molecule has 0 aliphatic carbocycles. The molecule has 0 saturated heterocycles. The third-order valence-corrected chi connectivity index (χ3v) is 4.91. The van der Waals surface area contributed by atoms with E-state index in [0.29, 0.717) is 0 Å². The average Bonchev–Trinajstić information content (AvgIpc) is 2.75. The van der Waals surface area contributed by atoms with Crippen LogP contribution in [0.3, 0.4) is 0 Å². The summed E-state index contributed by atoms with van der Waals surface area (Å²) in [6, 6.07) is 21.1. The molecule has 0 bridgehead atoms. The molecule has 0 spiro atoms. The predicted octanol–water partition coefficient (Wildman–Crippen LogP) is 4.07. The van der Waals surface area contributed by atoms with E-state index in [2.05, 4.69) is 78.7 Å². The fourth-order valence-electron chi connectivity index (χ4n) is 3.34. The molecule has 7 nitrogen and oxygen atoms in total. The lowest BCUT2D eigenvalue weighted by atomic mass is 10.0. The lowest BCUT2D eigenvalue weighted by Gasteiger charge is -2.18. The first-order valence-electron chi connectivity index (χ1n) is 10.4. The molecule has 0 amide bonds. The highest BCUT2D eigenvalue weighted by atomic mass is 32.3. The molecule has 168 valence electrons. The highest BCUT2D eigenvalue weighted by Crippen LogP contribution is 2.24. The molecular formula is C23H31N3O4S. The van der Waals surface area contributed by atoms with Gasteiger partial charge in [0.25, 0.3) is 0 Å². The summed E-state index contributed by atoms with van der Waals surface area (Å²) in [5.74, 6) is 0. The Balaban J connectivity index is 0.000000614. The summed E-state index contributed by atoms with van der Waals surface area (Å²) < 4.78 is 31.6. The van der Waals surface area contributed by atoms with E-state index in [0.717, 1.165) is 43.9 Å². The molecule has 0 aliphatic rings. The molecule has 3 N–H and O–H groups in total. The maximum atomic E-state index is 8.74. The van der Waals surface area contributed by atoms with Crippen LogP contribution in [0.5, 0.6) is 0 Å². The number of fused-ring (bicyclic) bond motifs is 1. The minimum absolute atomic E-state index is 0.876. The van der Waals surface area contributed by atoms with Crippen molar-refractivity contribution in [3.63, 3.8) is 0 Å². The highest BCUT2D eigenvalue weighted by Gasteiger charge is 2.07. The molecule has 0 unspecified atom stereocenters. The number of hydrogen-bond donors (Lipinski definition) is 3. The molecule has 2 aromatic carbocycles. The van der Waals surface area contributed by atoms with Crippen LogP contribution in [-0.2, 0) is 16.9 Å². The zero-order valence-corrected chi connectivity index (χ0v) is 18.8. The smallest absolute Gasteiger partial charge is 0.313 e. The van der Waals surface area contributed by atoms with Gasteiger partial charge in [0.1, 0.15) is 0 Å². The summed E-state index contributed by atoms with van der Waals surface area (Å²) in [4.78, 5) is 7.33. The highest BCUT2D eigenvalue weighted by molar-refractivity contribution is 7.79. The minimum atomic E-state index is -4.67. The summed E-state index contributed by atoms with van der Waals surface area (Å²) in [5, 5.41) is 4.86. The van der Waals surface area contributed by atoms with E-state index < -0.39 is 10.4 Å². The zero-order chi connectivity index (χ0) is 22.7. The third kappa shape index (κ3) is 9.12. The van der Waals surface area contributed by atoms with Gasteiger partial charge < -0.3 is 10.2 Å². The minimum Gasteiger partial charge on any atom is -0.313 e. The molecule has 8 heteroatoms. The quantitative estimate of drug-likeness (QED) is 0.337. The number of benzene rings is 2. The number of nitrogens with one attached hydrogen (secondary N) is 1. The molecule has 0 radical (unpaired) electrons. The third-order valence-electron chi connectivity index (χ3n) is 4.91. The second-order valence-electron chi connectivity index (χ2n) is 7.05. The van der Waals surface area contributed by atoms with Crippen molar-refractivity contribution in [2.75, 3.05) is 26.2 Å². The zero-order valence-electron chi connectivity index (χ0n) is 18.0. The van der Waals surface area contributed by atoms with E-state index in [9.17, 15) is 0 Å². The largest absolute Gasteiger partial charge is 0.394 e. The average molecular weight is 446 g/mol. The number of hydrogen-bond acceptors (Lipinski definition) is 5. The fourth-order valence-corrected chi connectivity index (χ4v) is 3.34. The van der Waals surface area contributed by atoms with Crippen LogP contribution < -0.4 is 5.32 Å². The standard InChI is InChI=1S/C23H29N3.H2O4S/c1-3-26(4-2)16-10-15-24-18-20-17-23(19-11-6-5-7-12-19)25-22-14-9-8-13-21(20)22;1-5(2,3)4/h5-9,11-14,17,24H,3-4,10,15-16,18H2,1-2H3;(H2,1,2,3,4). The van der Waals surface area contributed by atoms with Crippen LogP contribution in [0.4, 0.5) is 0 Å². The number of pyridine rings is 1. The van der Waals surface area contributed by atoms with Gasteiger partial charge in [0.05, 0.1) is 11.2 Å². The Hall–Kier alpha value is -2.36. The molecular weight excluding hydrogens is 414 g/mol. The SMILES string of the molecule is CCN(CC)CCCNCc1cc(-c2ccccc2)nc2ccccc12.O=S(=O)(O)O. The van der Waals surface area contributed by atoms with Crippen molar-refractivity contribution >= 4 is 21.3 Å². The topological polar surface area (TPSA) is 103 Å². The van der Waals surface area contributed by atoms with E-state index in [4.69, 9.17) is 22.5 Å². The summed E-state index contributed by atoms with van der Waals surface area (Å²) in [7, 11) is -4.67. The molecule has 31 heavy (non-hydrogen) atoms. The Bertz CT molecular complexity index is 1030. The first-order chi connectivity index (χ1) is 14.8.